The van der Waals surface area contributed by atoms with Gasteiger partial charge >= 0.3 is 5.97 Å². The van der Waals surface area contributed by atoms with E-state index in [0.29, 0.717) is 22.9 Å². The number of halogens is 1. The van der Waals surface area contributed by atoms with Crippen LogP contribution in [0.15, 0.2) is 34.8 Å². The highest BCUT2D eigenvalue weighted by atomic mass is 79.9. The zero-order valence-corrected chi connectivity index (χ0v) is 13.4. The maximum atomic E-state index is 11.5. The molecule has 110 valence electrons. The van der Waals surface area contributed by atoms with Gasteiger partial charge in [0.2, 0.25) is 5.88 Å². The Morgan fingerprint density at radius 2 is 1.95 bits per heavy atom. The molecule has 0 fully saturated rings. The molecule has 2 rings (SSSR count). The highest BCUT2D eigenvalue weighted by Crippen LogP contribution is 2.32. The van der Waals surface area contributed by atoms with E-state index in [1.165, 1.54) is 7.11 Å². The van der Waals surface area contributed by atoms with Gasteiger partial charge in [-0.3, -0.25) is 0 Å². The number of benzene rings is 1. The monoisotopic (exact) mass is 351 g/mol. The van der Waals surface area contributed by atoms with E-state index in [1.807, 2.05) is 0 Å². The average molecular weight is 352 g/mol. The molecule has 2 aromatic rings. The lowest BCUT2D eigenvalue weighted by molar-refractivity contribution is 0.0599. The number of hydrogen-bond acceptors (Lipinski definition) is 5. The van der Waals surface area contributed by atoms with Crippen molar-refractivity contribution in [3.8, 4) is 17.4 Å². The van der Waals surface area contributed by atoms with E-state index in [9.17, 15) is 4.79 Å². The summed E-state index contributed by atoms with van der Waals surface area (Å²) < 4.78 is 16.2. The first kappa shape index (κ1) is 15.3. The summed E-state index contributed by atoms with van der Waals surface area (Å²) in [7, 11) is 2.93. The minimum atomic E-state index is -0.419. The molecule has 0 aliphatic heterocycles. The molecule has 1 heterocycles. The molecule has 0 spiro atoms. The molecule has 1 aromatic heterocycles. The van der Waals surface area contributed by atoms with Crippen molar-refractivity contribution in [2.24, 2.45) is 0 Å². The third-order valence-corrected chi connectivity index (χ3v) is 3.44. The second-order valence-electron chi connectivity index (χ2n) is 4.17. The lowest BCUT2D eigenvalue weighted by Crippen LogP contribution is -2.05. The standard InChI is InChI=1S/C15H14BrNO4/c1-9-11(15(18)20-3)5-7-14(17-9)21-13-6-4-10(19-2)8-12(13)16/h4-8H,1-3H3. The summed E-state index contributed by atoms with van der Waals surface area (Å²) in [4.78, 5) is 15.8. The van der Waals surface area contributed by atoms with Gasteiger partial charge in [-0.25, -0.2) is 9.78 Å². The summed E-state index contributed by atoms with van der Waals surface area (Å²) in [6.45, 7) is 1.72. The van der Waals surface area contributed by atoms with Gasteiger partial charge in [0.15, 0.2) is 0 Å². The fourth-order valence-corrected chi connectivity index (χ4v) is 2.16. The Kier molecular flexibility index (Phi) is 4.80. The first-order chi connectivity index (χ1) is 10.0. The number of carbonyl (C=O) groups is 1. The zero-order chi connectivity index (χ0) is 15.4. The van der Waals surface area contributed by atoms with E-state index in [2.05, 4.69) is 25.7 Å². The van der Waals surface area contributed by atoms with Crippen LogP contribution >= 0.6 is 15.9 Å². The van der Waals surface area contributed by atoms with Gasteiger partial charge in [0, 0.05) is 6.07 Å². The Bertz CT molecular complexity index is 673. The molecule has 0 radical (unpaired) electrons. The van der Waals surface area contributed by atoms with Gasteiger partial charge in [-0.15, -0.1) is 0 Å². The minimum Gasteiger partial charge on any atom is -0.497 e. The molecular formula is C15H14BrNO4. The Hall–Kier alpha value is -2.08. The second kappa shape index (κ2) is 6.58. The third-order valence-electron chi connectivity index (χ3n) is 2.82. The highest BCUT2D eigenvalue weighted by Gasteiger charge is 2.12. The van der Waals surface area contributed by atoms with Crippen molar-refractivity contribution in [1.82, 2.24) is 4.98 Å². The fraction of sp³-hybridized carbons (Fsp3) is 0.200. The molecule has 0 bridgehead atoms. The van der Waals surface area contributed by atoms with E-state index >= 15 is 0 Å². The van der Waals surface area contributed by atoms with Crippen LogP contribution in [0.4, 0.5) is 0 Å². The van der Waals surface area contributed by atoms with Crippen LogP contribution in [0, 0.1) is 6.92 Å². The van der Waals surface area contributed by atoms with Crippen molar-refractivity contribution in [3.05, 3.63) is 46.1 Å². The molecule has 0 amide bonds. The van der Waals surface area contributed by atoms with E-state index in [-0.39, 0.29) is 0 Å². The zero-order valence-electron chi connectivity index (χ0n) is 11.8. The van der Waals surface area contributed by atoms with Crippen molar-refractivity contribution in [2.45, 2.75) is 6.92 Å². The number of aromatic nitrogens is 1. The molecule has 6 heteroatoms. The number of rotatable bonds is 4. The maximum Gasteiger partial charge on any atom is 0.339 e. The number of carbonyl (C=O) groups excluding carboxylic acids is 1. The Morgan fingerprint density at radius 3 is 2.52 bits per heavy atom. The average Bonchev–Trinajstić information content (AvgIpc) is 2.48. The number of aryl methyl sites for hydroxylation is 1. The van der Waals surface area contributed by atoms with E-state index in [4.69, 9.17) is 9.47 Å². The second-order valence-corrected chi connectivity index (χ2v) is 5.03. The van der Waals surface area contributed by atoms with Crippen molar-refractivity contribution >= 4 is 21.9 Å². The SMILES string of the molecule is COC(=O)c1ccc(Oc2ccc(OC)cc2Br)nc1C. The van der Waals surface area contributed by atoms with Crippen LogP contribution in [-0.2, 0) is 4.74 Å². The van der Waals surface area contributed by atoms with Crippen LogP contribution in [0.25, 0.3) is 0 Å². The lowest BCUT2D eigenvalue weighted by atomic mass is 10.2. The van der Waals surface area contributed by atoms with Gasteiger partial charge in [0.25, 0.3) is 0 Å². The van der Waals surface area contributed by atoms with Crippen LogP contribution in [0.5, 0.6) is 17.4 Å². The van der Waals surface area contributed by atoms with Gasteiger partial charge in [-0.05, 0) is 47.1 Å². The number of esters is 1. The van der Waals surface area contributed by atoms with Crippen LogP contribution < -0.4 is 9.47 Å². The minimum absolute atomic E-state index is 0.394. The van der Waals surface area contributed by atoms with Gasteiger partial charge in [-0.2, -0.15) is 0 Å². The molecule has 0 saturated carbocycles. The molecule has 0 unspecified atom stereocenters. The first-order valence-corrected chi connectivity index (χ1v) is 6.92. The fourth-order valence-electron chi connectivity index (χ4n) is 1.72. The van der Waals surface area contributed by atoms with Crippen molar-refractivity contribution in [2.75, 3.05) is 14.2 Å². The summed E-state index contributed by atoms with van der Waals surface area (Å²) in [5, 5.41) is 0. The van der Waals surface area contributed by atoms with Crippen LogP contribution in [0.3, 0.4) is 0 Å². The number of ether oxygens (including phenoxy) is 3. The van der Waals surface area contributed by atoms with Crippen LogP contribution in [-0.4, -0.2) is 25.2 Å². The molecule has 1 aromatic carbocycles. The number of hydrogen-bond donors (Lipinski definition) is 0. The Morgan fingerprint density at radius 1 is 1.19 bits per heavy atom. The predicted molar refractivity (Wildman–Crippen MR) is 81.1 cm³/mol. The van der Waals surface area contributed by atoms with Crippen molar-refractivity contribution in [1.29, 1.82) is 0 Å². The van der Waals surface area contributed by atoms with Crippen LogP contribution in [0.2, 0.25) is 0 Å². The smallest absolute Gasteiger partial charge is 0.339 e. The molecule has 0 aliphatic rings. The quantitative estimate of drug-likeness (QED) is 0.785. The van der Waals surface area contributed by atoms with Gasteiger partial charge in [0.1, 0.15) is 11.5 Å². The number of nitrogens with zero attached hydrogens (tertiary/aromatic N) is 1. The van der Waals surface area contributed by atoms with E-state index in [1.54, 1.807) is 44.4 Å². The normalized spacial score (nSPS) is 10.1. The molecule has 21 heavy (non-hydrogen) atoms. The van der Waals surface area contributed by atoms with Gasteiger partial charge < -0.3 is 14.2 Å². The van der Waals surface area contributed by atoms with E-state index in [0.717, 1.165) is 10.2 Å². The van der Waals surface area contributed by atoms with Crippen molar-refractivity contribution < 1.29 is 19.0 Å². The highest BCUT2D eigenvalue weighted by molar-refractivity contribution is 9.10. The lowest BCUT2D eigenvalue weighted by Gasteiger charge is -2.10. The summed E-state index contributed by atoms with van der Waals surface area (Å²) in [5.41, 5.74) is 0.961. The molecule has 0 N–H and O–H groups in total. The maximum absolute atomic E-state index is 11.5. The van der Waals surface area contributed by atoms with Gasteiger partial charge in [0.05, 0.1) is 29.9 Å². The van der Waals surface area contributed by atoms with Gasteiger partial charge in [-0.1, -0.05) is 0 Å². The Labute approximate surface area is 131 Å². The Balaban J connectivity index is 2.24. The van der Waals surface area contributed by atoms with Crippen molar-refractivity contribution in [3.63, 3.8) is 0 Å². The number of methoxy groups -OCH3 is 2. The number of pyridine rings is 1. The third kappa shape index (κ3) is 3.52. The van der Waals surface area contributed by atoms with E-state index < -0.39 is 5.97 Å². The van der Waals surface area contributed by atoms with Crippen LogP contribution in [0.1, 0.15) is 16.1 Å². The summed E-state index contributed by atoms with van der Waals surface area (Å²) in [6.07, 6.45) is 0. The molecule has 0 saturated heterocycles. The summed E-state index contributed by atoms with van der Waals surface area (Å²) >= 11 is 3.41. The largest absolute Gasteiger partial charge is 0.497 e. The topological polar surface area (TPSA) is 57.7 Å². The summed E-state index contributed by atoms with van der Waals surface area (Å²) in [6, 6.07) is 8.60. The summed E-state index contributed by atoms with van der Waals surface area (Å²) in [5.74, 6) is 1.30. The molecule has 0 atom stereocenters. The molecular weight excluding hydrogens is 338 g/mol. The molecule has 0 aliphatic carbocycles. The predicted octanol–water partition coefficient (Wildman–Crippen LogP) is 3.74. The molecule has 5 nitrogen and oxygen atoms in total. The first-order valence-electron chi connectivity index (χ1n) is 6.12.